The van der Waals surface area contributed by atoms with E-state index in [1.54, 1.807) is 0 Å². The predicted molar refractivity (Wildman–Crippen MR) is 167 cm³/mol. The third-order valence-corrected chi connectivity index (χ3v) is 7.41. The van der Waals surface area contributed by atoms with Gasteiger partial charge in [-0.15, -0.1) is 0 Å². The summed E-state index contributed by atoms with van der Waals surface area (Å²) in [6, 6.07) is 48.1. The van der Waals surface area contributed by atoms with Gasteiger partial charge in [-0.3, -0.25) is 0 Å². The lowest BCUT2D eigenvalue weighted by Crippen LogP contribution is -1.81. The molecule has 7 rings (SSSR count). The lowest BCUT2D eigenvalue weighted by molar-refractivity contribution is 1.62. The molecule has 7 aromatic rings. The van der Waals surface area contributed by atoms with Crippen LogP contribution in [0.5, 0.6) is 0 Å². The largest absolute Gasteiger partial charge is 0.0616 e. The highest BCUT2D eigenvalue weighted by Crippen LogP contribution is 2.28. The topological polar surface area (TPSA) is 0 Å². The van der Waals surface area contributed by atoms with Crippen molar-refractivity contribution >= 4 is 67.4 Å². The Hall–Kier alpha value is -4.94. The third kappa shape index (κ3) is 4.27. The average Bonchev–Trinajstić information content (AvgIpc) is 2.97. The van der Waals surface area contributed by atoms with Crippen LogP contribution in [0.3, 0.4) is 0 Å². The molecule has 0 saturated heterocycles. The van der Waals surface area contributed by atoms with Gasteiger partial charge in [0.2, 0.25) is 0 Å². The minimum Gasteiger partial charge on any atom is -0.0616 e. The molecule has 0 fully saturated rings. The smallest absolute Gasteiger partial charge is 0.0105 e. The molecule has 0 atom stereocenters. The van der Waals surface area contributed by atoms with Crippen LogP contribution in [-0.4, -0.2) is 0 Å². The van der Waals surface area contributed by atoms with E-state index < -0.39 is 0 Å². The highest BCUT2D eigenvalue weighted by atomic mass is 14.1. The van der Waals surface area contributed by atoms with Crippen molar-refractivity contribution in [2.24, 2.45) is 0 Å². The number of benzene rings is 7. The van der Waals surface area contributed by atoms with E-state index in [-0.39, 0.29) is 0 Å². The third-order valence-electron chi connectivity index (χ3n) is 7.41. The second-order valence-corrected chi connectivity index (χ2v) is 9.87. The monoisotopic (exact) mass is 482 g/mol. The molecule has 0 amide bonds. The van der Waals surface area contributed by atoms with Crippen LogP contribution in [0.1, 0.15) is 22.3 Å². The van der Waals surface area contributed by atoms with E-state index >= 15 is 0 Å². The van der Waals surface area contributed by atoms with Crippen molar-refractivity contribution in [3.05, 3.63) is 156 Å². The molecule has 0 unspecified atom stereocenters. The SMILES string of the molecule is C(=C\c1cccc2cc3ccccc3cc12)/c1ccc(/C=C/c2cccc3cc4ccccc4cc23)cc1. The molecule has 0 saturated carbocycles. The molecule has 0 bridgehead atoms. The second kappa shape index (κ2) is 9.50. The maximum absolute atomic E-state index is 2.30. The summed E-state index contributed by atoms with van der Waals surface area (Å²) in [7, 11) is 0. The zero-order chi connectivity index (χ0) is 25.3. The standard InChI is InChI=1S/C38H26/c1-3-9-33-25-37-29(11-5-13-35(37)23-31(33)7-1)21-19-27-15-17-28(18-16-27)20-22-30-12-6-14-36-24-32-8-2-4-10-34(32)26-38(30)36/h1-26H/b21-19+,22-20+. The van der Waals surface area contributed by atoms with Crippen LogP contribution >= 0.6 is 0 Å². The fraction of sp³-hybridized carbons (Fsp3) is 0. The number of rotatable bonds is 4. The van der Waals surface area contributed by atoms with E-state index in [0.717, 1.165) is 0 Å². The molecule has 0 aliphatic rings. The molecule has 0 radical (unpaired) electrons. The van der Waals surface area contributed by atoms with Gasteiger partial charge in [0, 0.05) is 0 Å². The van der Waals surface area contributed by atoms with Crippen molar-refractivity contribution in [2.45, 2.75) is 0 Å². The summed E-state index contributed by atoms with van der Waals surface area (Å²) in [6.45, 7) is 0. The lowest BCUT2D eigenvalue weighted by atomic mass is 9.98. The molecule has 0 heterocycles. The molecule has 0 nitrogen and oxygen atoms in total. The first-order valence-electron chi connectivity index (χ1n) is 13.1. The maximum Gasteiger partial charge on any atom is -0.0105 e. The Balaban J connectivity index is 1.15. The van der Waals surface area contributed by atoms with E-state index in [2.05, 4.69) is 158 Å². The number of fused-ring (bicyclic) bond motifs is 4. The van der Waals surface area contributed by atoms with Gasteiger partial charge in [-0.25, -0.2) is 0 Å². The first-order valence-corrected chi connectivity index (χ1v) is 13.1. The molecule has 178 valence electrons. The summed E-state index contributed by atoms with van der Waals surface area (Å²) in [5.41, 5.74) is 4.86. The summed E-state index contributed by atoms with van der Waals surface area (Å²) in [4.78, 5) is 0. The lowest BCUT2D eigenvalue weighted by Gasteiger charge is -2.06. The van der Waals surface area contributed by atoms with Crippen LogP contribution in [0.2, 0.25) is 0 Å². The zero-order valence-electron chi connectivity index (χ0n) is 21.0. The van der Waals surface area contributed by atoms with E-state index in [1.807, 2.05) is 0 Å². The highest BCUT2D eigenvalue weighted by Gasteiger charge is 2.03. The molecular weight excluding hydrogens is 456 g/mol. The van der Waals surface area contributed by atoms with E-state index in [9.17, 15) is 0 Å². The highest BCUT2D eigenvalue weighted by molar-refractivity contribution is 6.03. The minimum atomic E-state index is 1.19. The van der Waals surface area contributed by atoms with Gasteiger partial charge in [-0.1, -0.05) is 133 Å². The van der Waals surface area contributed by atoms with Crippen molar-refractivity contribution in [3.63, 3.8) is 0 Å². The Morgan fingerprint density at radius 2 is 0.658 bits per heavy atom. The van der Waals surface area contributed by atoms with Gasteiger partial charge in [0.05, 0.1) is 0 Å². The fourth-order valence-corrected chi connectivity index (χ4v) is 5.36. The number of hydrogen-bond acceptors (Lipinski definition) is 0. The predicted octanol–water partition coefficient (Wildman–Crippen LogP) is 10.6. The van der Waals surface area contributed by atoms with Gasteiger partial charge in [0.15, 0.2) is 0 Å². The van der Waals surface area contributed by atoms with Crippen molar-refractivity contribution in [2.75, 3.05) is 0 Å². The molecular formula is C38H26. The van der Waals surface area contributed by atoms with Gasteiger partial charge in [-0.2, -0.15) is 0 Å². The Kier molecular flexibility index (Phi) is 5.57. The normalized spacial score (nSPS) is 12.0. The van der Waals surface area contributed by atoms with Gasteiger partial charge >= 0.3 is 0 Å². The maximum atomic E-state index is 2.30. The van der Waals surface area contributed by atoms with E-state index in [0.29, 0.717) is 0 Å². The molecule has 0 aromatic heterocycles. The van der Waals surface area contributed by atoms with Crippen molar-refractivity contribution in [3.8, 4) is 0 Å². The molecule has 0 heteroatoms. The molecule has 38 heavy (non-hydrogen) atoms. The molecule has 0 aliphatic carbocycles. The first kappa shape index (κ1) is 22.3. The van der Waals surface area contributed by atoms with Crippen LogP contribution in [-0.2, 0) is 0 Å². The first-order chi connectivity index (χ1) is 18.8. The minimum absolute atomic E-state index is 1.19. The number of hydrogen-bond donors (Lipinski definition) is 0. The summed E-state index contributed by atoms with van der Waals surface area (Å²) in [5, 5.41) is 10.2. The molecule has 0 aliphatic heterocycles. The summed E-state index contributed by atoms with van der Waals surface area (Å²) in [6.07, 6.45) is 8.85. The van der Waals surface area contributed by atoms with Gasteiger partial charge < -0.3 is 0 Å². The van der Waals surface area contributed by atoms with Crippen LogP contribution in [0.25, 0.3) is 67.4 Å². The zero-order valence-corrected chi connectivity index (χ0v) is 21.0. The van der Waals surface area contributed by atoms with Gasteiger partial charge in [0.25, 0.3) is 0 Å². The average molecular weight is 483 g/mol. The summed E-state index contributed by atoms with van der Waals surface area (Å²) >= 11 is 0. The van der Waals surface area contributed by atoms with Crippen molar-refractivity contribution in [1.29, 1.82) is 0 Å². The van der Waals surface area contributed by atoms with E-state index in [4.69, 9.17) is 0 Å². The van der Waals surface area contributed by atoms with Crippen LogP contribution in [0.4, 0.5) is 0 Å². The van der Waals surface area contributed by atoms with Crippen molar-refractivity contribution < 1.29 is 0 Å². The van der Waals surface area contributed by atoms with Crippen LogP contribution < -0.4 is 0 Å². The van der Waals surface area contributed by atoms with Gasteiger partial charge in [-0.05, 0) is 89.6 Å². The van der Waals surface area contributed by atoms with E-state index in [1.165, 1.54) is 65.3 Å². The van der Waals surface area contributed by atoms with Gasteiger partial charge in [0.1, 0.15) is 0 Å². The summed E-state index contributed by atoms with van der Waals surface area (Å²) in [5.74, 6) is 0. The second-order valence-electron chi connectivity index (χ2n) is 9.87. The fourth-order valence-electron chi connectivity index (χ4n) is 5.36. The Morgan fingerprint density at radius 1 is 0.289 bits per heavy atom. The Morgan fingerprint density at radius 3 is 1.08 bits per heavy atom. The quantitative estimate of drug-likeness (QED) is 0.173. The Labute approximate surface area is 222 Å². The van der Waals surface area contributed by atoms with Crippen LogP contribution in [0.15, 0.2) is 133 Å². The molecule has 7 aromatic carbocycles. The van der Waals surface area contributed by atoms with Crippen molar-refractivity contribution in [1.82, 2.24) is 0 Å². The van der Waals surface area contributed by atoms with Crippen LogP contribution in [0, 0.1) is 0 Å². The molecule has 0 N–H and O–H groups in total. The summed E-state index contributed by atoms with van der Waals surface area (Å²) < 4.78 is 0. The molecule has 0 spiro atoms. The Bertz CT molecular complexity index is 1860.